The molecular weight excluding hydrogens is 380 g/mol. The fraction of sp³-hybridized carbons (Fsp3) is 0.750. The van der Waals surface area contributed by atoms with Gasteiger partial charge in [-0.05, 0) is 98.9 Å². The minimum Gasteiger partial charge on any atom is -0.353 e. The van der Waals surface area contributed by atoms with Gasteiger partial charge in [0.1, 0.15) is 0 Å². The van der Waals surface area contributed by atoms with Crippen molar-refractivity contribution >= 4 is 5.91 Å². The first kappa shape index (κ1) is 21.5. The molecule has 5 fully saturated rings. The van der Waals surface area contributed by atoms with Gasteiger partial charge in [0.15, 0.2) is 0 Å². The smallest absolute Gasteiger partial charge is 0.226 e. The molecule has 5 aliphatic carbocycles. The van der Waals surface area contributed by atoms with Gasteiger partial charge in [0.25, 0.3) is 0 Å². The quantitative estimate of drug-likeness (QED) is 0.616. The van der Waals surface area contributed by atoms with Gasteiger partial charge in [-0.1, -0.05) is 50.6 Å². The molecule has 0 aliphatic heterocycles. The molecule has 31 heavy (non-hydrogen) atoms. The largest absolute Gasteiger partial charge is 0.353 e. The van der Waals surface area contributed by atoms with Gasteiger partial charge >= 0.3 is 0 Å². The molecule has 5 aliphatic rings. The van der Waals surface area contributed by atoms with Crippen LogP contribution >= 0.6 is 0 Å². The summed E-state index contributed by atoms with van der Waals surface area (Å²) in [7, 11) is 0. The molecule has 3 nitrogen and oxygen atoms in total. The van der Waals surface area contributed by atoms with Crippen LogP contribution in [0.1, 0.15) is 96.5 Å². The lowest BCUT2D eigenvalue weighted by Crippen LogP contribution is -2.66. The van der Waals surface area contributed by atoms with Crippen LogP contribution in [0.15, 0.2) is 30.3 Å². The van der Waals surface area contributed by atoms with Crippen molar-refractivity contribution in [3.8, 4) is 0 Å². The molecular formula is C28H42N2O. The van der Waals surface area contributed by atoms with Crippen LogP contribution in [0.25, 0.3) is 0 Å². The Morgan fingerprint density at radius 2 is 1.65 bits per heavy atom. The minimum atomic E-state index is -0.159. The average Bonchev–Trinajstić information content (AvgIpc) is 2.78. The summed E-state index contributed by atoms with van der Waals surface area (Å²) in [6.45, 7) is 4.77. The third kappa shape index (κ3) is 3.37. The van der Waals surface area contributed by atoms with E-state index >= 15 is 0 Å². The summed E-state index contributed by atoms with van der Waals surface area (Å²) in [6.07, 6.45) is 13.9. The predicted octanol–water partition coefficient (Wildman–Crippen LogP) is 5.72. The van der Waals surface area contributed by atoms with Gasteiger partial charge in [-0.3, -0.25) is 4.79 Å². The molecule has 3 N–H and O–H groups in total. The van der Waals surface area contributed by atoms with Crippen LogP contribution in [0, 0.1) is 22.7 Å². The maximum atomic E-state index is 13.9. The number of amides is 1. The van der Waals surface area contributed by atoms with E-state index in [0.29, 0.717) is 35.2 Å². The van der Waals surface area contributed by atoms with E-state index in [-0.39, 0.29) is 10.8 Å². The van der Waals surface area contributed by atoms with Gasteiger partial charge in [-0.15, -0.1) is 0 Å². The molecule has 4 bridgehead atoms. The SMILES string of the molecule is CCCC1(CC)C2CC3(C(=O)N[C@H]4CC[C@H](N)CC4)CC1CC(c1ccccc1)(C2)C3. The molecule has 1 amide bonds. The maximum absolute atomic E-state index is 13.9. The minimum absolute atomic E-state index is 0.159. The zero-order valence-corrected chi connectivity index (χ0v) is 19.7. The van der Waals surface area contributed by atoms with Crippen molar-refractivity contribution in [2.24, 2.45) is 28.4 Å². The molecule has 1 aromatic carbocycles. The number of nitrogens with one attached hydrogen (secondary N) is 1. The van der Waals surface area contributed by atoms with Gasteiger partial charge in [0.05, 0.1) is 5.41 Å². The van der Waals surface area contributed by atoms with E-state index in [2.05, 4.69) is 49.5 Å². The van der Waals surface area contributed by atoms with Crippen molar-refractivity contribution in [2.45, 2.75) is 108 Å². The Morgan fingerprint density at radius 3 is 2.23 bits per heavy atom. The summed E-state index contributed by atoms with van der Waals surface area (Å²) in [6, 6.07) is 11.9. The van der Waals surface area contributed by atoms with E-state index in [0.717, 1.165) is 44.9 Å². The Kier molecular flexibility index (Phi) is 5.48. The Bertz CT molecular complexity index is 778. The van der Waals surface area contributed by atoms with E-state index in [4.69, 9.17) is 5.73 Å². The van der Waals surface area contributed by atoms with Gasteiger partial charge in [-0.25, -0.2) is 0 Å². The molecule has 6 rings (SSSR count). The van der Waals surface area contributed by atoms with Gasteiger partial charge in [-0.2, -0.15) is 0 Å². The third-order valence-electron chi connectivity index (χ3n) is 10.2. The van der Waals surface area contributed by atoms with Crippen LogP contribution in [-0.4, -0.2) is 18.0 Å². The number of hydrogen-bond donors (Lipinski definition) is 2. The standard InChI is InChI=1S/C28H42N2O/c1-3-14-28(4-2)21-15-26(20-8-6-5-7-9-20)16-22(28)18-27(17-21,19-26)25(31)30-24-12-10-23(29)11-13-24/h5-9,21-24H,3-4,10-19,29H2,1-2H3,(H,30,31)/t21?,22?,23-,24-,26?,27?,28?. The van der Waals surface area contributed by atoms with E-state index < -0.39 is 0 Å². The zero-order valence-electron chi connectivity index (χ0n) is 19.7. The number of rotatable bonds is 6. The van der Waals surface area contributed by atoms with Crippen molar-refractivity contribution < 1.29 is 4.79 Å². The highest BCUT2D eigenvalue weighted by molar-refractivity contribution is 5.84. The number of nitrogens with two attached hydrogens (primary N) is 1. The fourth-order valence-electron chi connectivity index (χ4n) is 8.91. The first-order chi connectivity index (χ1) is 15.0. The van der Waals surface area contributed by atoms with Crippen molar-refractivity contribution in [3.63, 3.8) is 0 Å². The Balaban J connectivity index is 1.47. The van der Waals surface area contributed by atoms with Crippen LogP contribution in [0.2, 0.25) is 0 Å². The lowest BCUT2D eigenvalue weighted by molar-refractivity contribution is -0.182. The average molecular weight is 423 g/mol. The number of benzene rings is 1. The predicted molar refractivity (Wildman–Crippen MR) is 127 cm³/mol. The normalized spacial score (nSPS) is 43.7. The summed E-state index contributed by atoms with van der Waals surface area (Å²) >= 11 is 0. The summed E-state index contributed by atoms with van der Waals surface area (Å²) in [5.74, 6) is 1.75. The summed E-state index contributed by atoms with van der Waals surface area (Å²) in [5.41, 5.74) is 8.10. The van der Waals surface area contributed by atoms with Gasteiger partial charge in [0, 0.05) is 12.1 Å². The molecule has 5 saturated carbocycles. The molecule has 1 aromatic rings. The topological polar surface area (TPSA) is 55.1 Å². The fourth-order valence-corrected chi connectivity index (χ4v) is 8.91. The van der Waals surface area contributed by atoms with Crippen molar-refractivity contribution in [3.05, 3.63) is 35.9 Å². The van der Waals surface area contributed by atoms with Crippen molar-refractivity contribution in [1.82, 2.24) is 5.32 Å². The van der Waals surface area contributed by atoms with E-state index in [9.17, 15) is 4.79 Å². The molecule has 2 atom stereocenters. The first-order valence-electron chi connectivity index (χ1n) is 13.1. The number of carbonyl (C=O) groups excluding carboxylic acids is 1. The molecule has 0 saturated heterocycles. The van der Waals surface area contributed by atoms with E-state index in [1.807, 2.05) is 0 Å². The summed E-state index contributed by atoms with van der Waals surface area (Å²) in [4.78, 5) is 13.9. The van der Waals surface area contributed by atoms with E-state index in [1.165, 1.54) is 37.7 Å². The second-order valence-electron chi connectivity index (χ2n) is 11.7. The van der Waals surface area contributed by atoms with Crippen LogP contribution in [0.3, 0.4) is 0 Å². The molecule has 170 valence electrons. The van der Waals surface area contributed by atoms with E-state index in [1.54, 1.807) is 0 Å². The highest BCUT2D eigenvalue weighted by Gasteiger charge is 2.67. The molecule has 3 heteroatoms. The summed E-state index contributed by atoms with van der Waals surface area (Å²) in [5, 5.41) is 3.55. The summed E-state index contributed by atoms with van der Waals surface area (Å²) < 4.78 is 0. The van der Waals surface area contributed by atoms with Crippen LogP contribution in [0.5, 0.6) is 0 Å². The van der Waals surface area contributed by atoms with Crippen molar-refractivity contribution in [1.29, 1.82) is 0 Å². The Morgan fingerprint density at radius 1 is 1.00 bits per heavy atom. The first-order valence-corrected chi connectivity index (χ1v) is 13.1. The monoisotopic (exact) mass is 422 g/mol. The maximum Gasteiger partial charge on any atom is 0.226 e. The second kappa shape index (κ2) is 7.90. The van der Waals surface area contributed by atoms with Crippen LogP contribution in [-0.2, 0) is 10.2 Å². The highest BCUT2D eigenvalue weighted by atomic mass is 16.2. The zero-order chi connectivity index (χ0) is 21.7. The molecule has 0 heterocycles. The Hall–Kier alpha value is -1.35. The molecule has 0 radical (unpaired) electrons. The highest BCUT2D eigenvalue weighted by Crippen LogP contribution is 2.73. The Labute approximate surface area is 188 Å². The van der Waals surface area contributed by atoms with Crippen LogP contribution < -0.4 is 11.1 Å². The third-order valence-corrected chi connectivity index (χ3v) is 10.2. The van der Waals surface area contributed by atoms with Crippen LogP contribution in [0.4, 0.5) is 0 Å². The second-order valence-corrected chi connectivity index (χ2v) is 11.7. The van der Waals surface area contributed by atoms with Crippen molar-refractivity contribution in [2.75, 3.05) is 0 Å². The molecule has 0 aromatic heterocycles. The lowest BCUT2D eigenvalue weighted by atomic mass is 9.35. The van der Waals surface area contributed by atoms with Gasteiger partial charge < -0.3 is 11.1 Å². The lowest BCUT2D eigenvalue weighted by Gasteiger charge is -2.69. The molecule has 0 spiro atoms. The van der Waals surface area contributed by atoms with Gasteiger partial charge in [0.2, 0.25) is 5.91 Å². The number of carbonyl (C=O) groups is 1. The molecule has 2 unspecified atom stereocenters. The number of hydrogen-bond acceptors (Lipinski definition) is 2.